The minimum absolute atomic E-state index is 0.0872. The molecule has 10 nitrogen and oxygen atoms in total. The van der Waals surface area contributed by atoms with Crippen LogP contribution in [0.5, 0.6) is 40.2 Å². The van der Waals surface area contributed by atoms with Gasteiger partial charge in [0.25, 0.3) is 0 Å². The largest absolute Gasteiger partial charge is 0.508 e. The molecular weight excluding hydrogens is 520 g/mol. The Hall–Kier alpha value is -5.64. The van der Waals surface area contributed by atoms with E-state index in [9.17, 15) is 35.1 Å². The molecule has 5 rings (SSSR count). The van der Waals surface area contributed by atoms with Gasteiger partial charge in [-0.1, -0.05) is 30.3 Å². The lowest BCUT2D eigenvalue weighted by atomic mass is 10.0. The van der Waals surface area contributed by atoms with Crippen molar-refractivity contribution >= 4 is 16.8 Å². The maximum Gasteiger partial charge on any atom is 0.235 e. The Morgan fingerprint density at radius 1 is 0.750 bits per heavy atom. The lowest BCUT2D eigenvalue weighted by Crippen LogP contribution is -2.04. The van der Waals surface area contributed by atoms with Gasteiger partial charge in [0, 0.05) is 29.3 Å². The van der Waals surface area contributed by atoms with E-state index in [0.29, 0.717) is 11.3 Å². The summed E-state index contributed by atoms with van der Waals surface area (Å²) >= 11 is 0. The monoisotopic (exact) mass is 544 g/mol. The standard InChI is InChI=1S/C15H10O6.C15H14O4/c16-8-2-3-9-12(6-8)21-15(14(20)13(9)19)7-1-4-10(17)11(18)5-7;1-18-11-8-12(16)14(13(9-11)19-2)15(17)10-6-4-3-5-7-10/h1-6,16-18,20H;3-9,16H,1-2H3. The molecule has 1 heterocycles. The Morgan fingerprint density at radius 2 is 1.48 bits per heavy atom. The molecule has 0 fully saturated rings. The zero-order chi connectivity index (χ0) is 29.0. The van der Waals surface area contributed by atoms with Gasteiger partial charge in [-0.3, -0.25) is 9.59 Å². The summed E-state index contributed by atoms with van der Waals surface area (Å²) in [5.41, 5.74) is 0.278. The number of hydrogen-bond acceptors (Lipinski definition) is 10. The van der Waals surface area contributed by atoms with Crippen LogP contribution in [0.1, 0.15) is 15.9 Å². The third-order valence-electron chi connectivity index (χ3n) is 5.86. The first kappa shape index (κ1) is 27.4. The van der Waals surface area contributed by atoms with Gasteiger partial charge in [0.1, 0.15) is 34.1 Å². The lowest BCUT2D eigenvalue weighted by molar-refractivity contribution is 0.103. The van der Waals surface area contributed by atoms with E-state index in [4.69, 9.17) is 13.9 Å². The summed E-state index contributed by atoms with van der Waals surface area (Å²) in [4.78, 5) is 24.4. The molecule has 0 bridgehead atoms. The summed E-state index contributed by atoms with van der Waals surface area (Å²) in [5, 5.41) is 48.3. The summed E-state index contributed by atoms with van der Waals surface area (Å²) < 4.78 is 15.6. The molecule has 0 unspecified atom stereocenters. The highest BCUT2D eigenvalue weighted by Gasteiger charge is 2.20. The maximum atomic E-state index is 12.4. The van der Waals surface area contributed by atoms with Crippen LogP contribution in [0.25, 0.3) is 22.3 Å². The van der Waals surface area contributed by atoms with Crippen molar-refractivity contribution in [1.29, 1.82) is 0 Å². The zero-order valence-corrected chi connectivity index (χ0v) is 21.3. The normalized spacial score (nSPS) is 10.4. The van der Waals surface area contributed by atoms with E-state index in [1.807, 2.05) is 6.07 Å². The number of carbonyl (C=O) groups excluding carboxylic acids is 1. The fourth-order valence-electron chi connectivity index (χ4n) is 3.85. The molecule has 0 saturated carbocycles. The third-order valence-corrected chi connectivity index (χ3v) is 5.86. The van der Waals surface area contributed by atoms with Crippen molar-refractivity contribution in [2.75, 3.05) is 14.2 Å². The summed E-state index contributed by atoms with van der Waals surface area (Å²) in [7, 11) is 2.92. The molecule has 40 heavy (non-hydrogen) atoms. The highest BCUT2D eigenvalue weighted by molar-refractivity contribution is 6.12. The molecule has 0 spiro atoms. The summed E-state index contributed by atoms with van der Waals surface area (Å²) in [6.07, 6.45) is 0. The number of fused-ring (bicyclic) bond motifs is 1. The number of aromatic hydroxyl groups is 5. The van der Waals surface area contributed by atoms with Gasteiger partial charge in [-0.2, -0.15) is 0 Å². The Morgan fingerprint density at radius 3 is 2.12 bits per heavy atom. The van der Waals surface area contributed by atoms with Crippen LogP contribution >= 0.6 is 0 Å². The van der Waals surface area contributed by atoms with Crippen molar-refractivity contribution in [1.82, 2.24) is 0 Å². The van der Waals surface area contributed by atoms with Crippen molar-refractivity contribution < 1.29 is 44.2 Å². The van der Waals surface area contributed by atoms with Crippen molar-refractivity contribution in [2.24, 2.45) is 0 Å². The van der Waals surface area contributed by atoms with Crippen LogP contribution in [0, 0.1) is 0 Å². The van der Waals surface area contributed by atoms with Gasteiger partial charge < -0.3 is 39.4 Å². The fourth-order valence-corrected chi connectivity index (χ4v) is 3.85. The lowest BCUT2D eigenvalue weighted by Gasteiger charge is -2.11. The number of phenols is 4. The highest BCUT2D eigenvalue weighted by Crippen LogP contribution is 2.36. The van der Waals surface area contributed by atoms with Crippen molar-refractivity contribution in [3.8, 4) is 51.6 Å². The van der Waals surface area contributed by atoms with Crippen LogP contribution in [0.4, 0.5) is 0 Å². The number of ether oxygens (including phenoxy) is 2. The van der Waals surface area contributed by atoms with Gasteiger partial charge in [-0.15, -0.1) is 0 Å². The molecule has 0 saturated heterocycles. The van der Waals surface area contributed by atoms with Crippen molar-refractivity contribution in [3.63, 3.8) is 0 Å². The van der Waals surface area contributed by atoms with Gasteiger partial charge >= 0.3 is 0 Å². The average molecular weight is 545 g/mol. The maximum absolute atomic E-state index is 12.4. The first-order valence-corrected chi connectivity index (χ1v) is 11.7. The molecule has 4 aromatic carbocycles. The summed E-state index contributed by atoms with van der Waals surface area (Å²) in [5.74, 6) is -1.35. The fraction of sp³-hybridized carbons (Fsp3) is 0.0667. The van der Waals surface area contributed by atoms with E-state index in [1.165, 1.54) is 50.6 Å². The van der Waals surface area contributed by atoms with E-state index in [-0.39, 0.29) is 56.6 Å². The Kier molecular flexibility index (Phi) is 7.81. The van der Waals surface area contributed by atoms with Gasteiger partial charge in [-0.05, 0) is 30.3 Å². The van der Waals surface area contributed by atoms with Crippen LogP contribution in [0.15, 0.2) is 88.1 Å². The molecule has 204 valence electrons. The second kappa shape index (κ2) is 11.4. The number of methoxy groups -OCH3 is 2. The zero-order valence-electron chi connectivity index (χ0n) is 21.3. The quantitative estimate of drug-likeness (QED) is 0.151. The average Bonchev–Trinajstić information content (AvgIpc) is 2.96. The van der Waals surface area contributed by atoms with Crippen LogP contribution in [-0.2, 0) is 0 Å². The van der Waals surface area contributed by atoms with Gasteiger partial charge in [-0.25, -0.2) is 0 Å². The first-order valence-electron chi connectivity index (χ1n) is 11.7. The smallest absolute Gasteiger partial charge is 0.235 e. The van der Waals surface area contributed by atoms with E-state index in [2.05, 4.69) is 0 Å². The van der Waals surface area contributed by atoms with E-state index < -0.39 is 16.9 Å². The predicted molar refractivity (Wildman–Crippen MR) is 146 cm³/mol. The molecule has 0 aliphatic heterocycles. The van der Waals surface area contributed by atoms with Crippen molar-refractivity contribution in [2.45, 2.75) is 0 Å². The molecule has 5 N–H and O–H groups in total. The van der Waals surface area contributed by atoms with Crippen molar-refractivity contribution in [3.05, 3.63) is 100 Å². The Labute approximate surface area is 227 Å². The van der Waals surface area contributed by atoms with Crippen LogP contribution < -0.4 is 14.9 Å². The number of benzene rings is 4. The van der Waals surface area contributed by atoms with Gasteiger partial charge in [0.15, 0.2) is 17.3 Å². The second-order valence-corrected chi connectivity index (χ2v) is 8.41. The van der Waals surface area contributed by atoms with Gasteiger partial charge in [0.05, 0.1) is 19.6 Å². The summed E-state index contributed by atoms with van der Waals surface area (Å²) in [6, 6.07) is 19.3. The molecule has 0 aliphatic carbocycles. The molecule has 1 aromatic heterocycles. The number of phenolic OH excluding ortho intramolecular Hbond substituents is 4. The minimum Gasteiger partial charge on any atom is -0.508 e. The molecular formula is C30H24O10. The van der Waals surface area contributed by atoms with Crippen LogP contribution in [0.3, 0.4) is 0 Å². The minimum atomic E-state index is -0.654. The highest BCUT2D eigenvalue weighted by atomic mass is 16.5. The molecule has 5 aromatic rings. The first-order chi connectivity index (χ1) is 19.1. The van der Waals surface area contributed by atoms with E-state index in [0.717, 1.165) is 6.07 Å². The number of carbonyl (C=O) groups is 1. The Balaban J connectivity index is 0.000000186. The van der Waals surface area contributed by atoms with Crippen LogP contribution in [-0.4, -0.2) is 45.5 Å². The van der Waals surface area contributed by atoms with E-state index in [1.54, 1.807) is 30.3 Å². The number of hydrogen-bond donors (Lipinski definition) is 5. The molecule has 0 radical (unpaired) electrons. The third kappa shape index (κ3) is 5.46. The second-order valence-electron chi connectivity index (χ2n) is 8.41. The molecule has 0 atom stereocenters. The van der Waals surface area contributed by atoms with E-state index >= 15 is 0 Å². The predicted octanol–water partition coefficient (Wildman–Crippen LogP) is 4.92. The van der Waals surface area contributed by atoms with Crippen LogP contribution in [0.2, 0.25) is 0 Å². The summed E-state index contributed by atoms with van der Waals surface area (Å²) in [6.45, 7) is 0. The Bertz CT molecular complexity index is 1760. The van der Waals surface area contributed by atoms with Gasteiger partial charge in [0.2, 0.25) is 17.0 Å². The topological polar surface area (TPSA) is 167 Å². The SMILES string of the molecule is COc1cc(O)c(C(=O)c2ccccc2)c(OC)c1.O=c1c(O)c(-c2ccc(O)c(O)c2)oc2cc(O)ccc12. The molecule has 10 heteroatoms. The number of rotatable bonds is 5. The number of ketones is 1. The molecule has 0 aliphatic rings. The molecule has 0 amide bonds.